The predicted octanol–water partition coefficient (Wildman–Crippen LogP) is 0.981. The van der Waals surface area contributed by atoms with Gasteiger partial charge in [0.25, 0.3) is 0 Å². The lowest BCUT2D eigenvalue weighted by atomic mass is 10.0. The summed E-state index contributed by atoms with van der Waals surface area (Å²) in [6.45, 7) is 0. The van der Waals surface area contributed by atoms with Crippen LogP contribution >= 0.6 is 0 Å². The van der Waals surface area contributed by atoms with Gasteiger partial charge in [-0.2, -0.15) is 5.10 Å². The minimum absolute atomic E-state index is 0.0994. The Bertz CT molecular complexity index is 495. The fourth-order valence-corrected chi connectivity index (χ4v) is 1.84. The molecule has 0 amide bonds. The highest BCUT2D eigenvalue weighted by Gasteiger charge is 2.15. The summed E-state index contributed by atoms with van der Waals surface area (Å²) in [5.41, 5.74) is 4.83. The highest BCUT2D eigenvalue weighted by atomic mass is 16.5. The molecule has 1 atom stereocenters. The zero-order valence-corrected chi connectivity index (χ0v) is 9.92. The van der Waals surface area contributed by atoms with Crippen molar-refractivity contribution in [1.29, 1.82) is 0 Å². The number of aromatic nitrogens is 2. The van der Waals surface area contributed by atoms with Crippen molar-refractivity contribution in [2.75, 3.05) is 7.11 Å². The van der Waals surface area contributed by atoms with E-state index in [-0.39, 0.29) is 6.04 Å². The Kier molecular flexibility index (Phi) is 3.41. The number of nitrogens with one attached hydrogen (secondary N) is 1. The molecule has 0 bridgehead atoms. The molecule has 17 heavy (non-hydrogen) atoms. The first-order valence-electron chi connectivity index (χ1n) is 5.34. The van der Waals surface area contributed by atoms with E-state index in [0.29, 0.717) is 0 Å². The van der Waals surface area contributed by atoms with E-state index in [9.17, 15) is 0 Å². The maximum Gasteiger partial charge on any atom is 0.119 e. The number of hydrogen-bond donors (Lipinski definition) is 2. The van der Waals surface area contributed by atoms with Crippen molar-refractivity contribution in [3.05, 3.63) is 47.8 Å². The SMILES string of the molecule is COc1cccc(C(NN)c2ccnn2C)c1. The molecule has 3 N–H and O–H groups in total. The first-order chi connectivity index (χ1) is 8.26. The van der Waals surface area contributed by atoms with Crippen LogP contribution < -0.4 is 16.0 Å². The predicted molar refractivity (Wildman–Crippen MR) is 65.4 cm³/mol. The maximum absolute atomic E-state index is 5.62. The summed E-state index contributed by atoms with van der Waals surface area (Å²) in [6.07, 6.45) is 1.75. The summed E-state index contributed by atoms with van der Waals surface area (Å²) in [4.78, 5) is 0. The quantitative estimate of drug-likeness (QED) is 0.609. The summed E-state index contributed by atoms with van der Waals surface area (Å²) < 4.78 is 7.00. The minimum Gasteiger partial charge on any atom is -0.497 e. The smallest absolute Gasteiger partial charge is 0.119 e. The molecule has 90 valence electrons. The van der Waals surface area contributed by atoms with Gasteiger partial charge in [0, 0.05) is 13.2 Å². The Labute approximate surface area is 100 Å². The van der Waals surface area contributed by atoms with Crippen LogP contribution in [-0.2, 0) is 7.05 Å². The fourth-order valence-electron chi connectivity index (χ4n) is 1.84. The second kappa shape index (κ2) is 4.99. The average molecular weight is 232 g/mol. The Hall–Kier alpha value is -1.85. The number of nitrogens with zero attached hydrogens (tertiary/aromatic N) is 2. The zero-order valence-electron chi connectivity index (χ0n) is 9.92. The molecule has 0 aliphatic rings. The number of methoxy groups -OCH3 is 1. The topological polar surface area (TPSA) is 65.1 Å². The average Bonchev–Trinajstić information content (AvgIpc) is 2.77. The van der Waals surface area contributed by atoms with Crippen LogP contribution in [0.25, 0.3) is 0 Å². The first-order valence-corrected chi connectivity index (χ1v) is 5.34. The van der Waals surface area contributed by atoms with E-state index in [1.54, 1.807) is 18.0 Å². The van der Waals surface area contributed by atoms with Gasteiger partial charge in [-0.05, 0) is 23.8 Å². The molecular formula is C12H16N4O. The molecular weight excluding hydrogens is 216 g/mol. The Morgan fingerprint density at radius 2 is 2.24 bits per heavy atom. The van der Waals surface area contributed by atoms with Gasteiger partial charge in [0.15, 0.2) is 0 Å². The van der Waals surface area contributed by atoms with Crippen molar-refractivity contribution < 1.29 is 4.74 Å². The number of aryl methyl sites for hydroxylation is 1. The third-order valence-corrected chi connectivity index (χ3v) is 2.75. The van der Waals surface area contributed by atoms with E-state index < -0.39 is 0 Å². The van der Waals surface area contributed by atoms with Crippen molar-refractivity contribution in [3.63, 3.8) is 0 Å². The molecule has 2 rings (SSSR count). The van der Waals surface area contributed by atoms with E-state index in [1.165, 1.54) is 0 Å². The van der Waals surface area contributed by atoms with Gasteiger partial charge in [-0.15, -0.1) is 0 Å². The highest BCUT2D eigenvalue weighted by Crippen LogP contribution is 2.23. The standard InChI is InChI=1S/C12H16N4O/c1-16-11(6-7-14-16)12(15-13)9-4-3-5-10(8-9)17-2/h3-8,12,15H,13H2,1-2H3. The molecule has 5 nitrogen and oxygen atoms in total. The zero-order chi connectivity index (χ0) is 12.3. The van der Waals surface area contributed by atoms with Crippen LogP contribution in [0.1, 0.15) is 17.3 Å². The van der Waals surface area contributed by atoms with Gasteiger partial charge in [0.05, 0.1) is 18.8 Å². The fraction of sp³-hybridized carbons (Fsp3) is 0.250. The summed E-state index contributed by atoms with van der Waals surface area (Å²) >= 11 is 0. The Balaban J connectivity index is 2.38. The molecule has 0 aliphatic carbocycles. The van der Waals surface area contributed by atoms with E-state index in [4.69, 9.17) is 10.6 Å². The minimum atomic E-state index is -0.0994. The van der Waals surface area contributed by atoms with Crippen molar-refractivity contribution >= 4 is 0 Å². The van der Waals surface area contributed by atoms with Gasteiger partial charge >= 0.3 is 0 Å². The van der Waals surface area contributed by atoms with Crippen molar-refractivity contribution in [3.8, 4) is 5.75 Å². The molecule has 0 saturated carbocycles. The van der Waals surface area contributed by atoms with Crippen LogP contribution in [0.4, 0.5) is 0 Å². The van der Waals surface area contributed by atoms with Crippen LogP contribution in [0.15, 0.2) is 36.5 Å². The van der Waals surface area contributed by atoms with E-state index in [1.807, 2.05) is 37.4 Å². The molecule has 0 fully saturated rings. The molecule has 0 aliphatic heterocycles. The third-order valence-electron chi connectivity index (χ3n) is 2.75. The van der Waals surface area contributed by atoms with E-state index in [0.717, 1.165) is 17.0 Å². The molecule has 1 aromatic carbocycles. The van der Waals surface area contributed by atoms with Gasteiger partial charge < -0.3 is 4.74 Å². The van der Waals surface area contributed by atoms with Gasteiger partial charge in [-0.3, -0.25) is 10.5 Å². The number of ether oxygens (including phenoxy) is 1. The van der Waals surface area contributed by atoms with Crippen LogP contribution in [0.2, 0.25) is 0 Å². The number of nitrogens with two attached hydrogens (primary N) is 1. The second-order valence-electron chi connectivity index (χ2n) is 3.76. The van der Waals surface area contributed by atoms with Crippen LogP contribution in [-0.4, -0.2) is 16.9 Å². The maximum atomic E-state index is 5.62. The highest BCUT2D eigenvalue weighted by molar-refractivity contribution is 5.34. The molecule has 1 unspecified atom stereocenters. The number of hydrazine groups is 1. The molecule has 5 heteroatoms. The monoisotopic (exact) mass is 232 g/mol. The Morgan fingerprint density at radius 1 is 1.41 bits per heavy atom. The van der Waals surface area contributed by atoms with E-state index in [2.05, 4.69) is 10.5 Å². The second-order valence-corrected chi connectivity index (χ2v) is 3.76. The lowest BCUT2D eigenvalue weighted by molar-refractivity contribution is 0.413. The number of rotatable bonds is 4. The van der Waals surface area contributed by atoms with Crippen LogP contribution in [0.3, 0.4) is 0 Å². The molecule has 2 aromatic rings. The normalized spacial score (nSPS) is 12.4. The molecule has 1 heterocycles. The summed E-state index contributed by atoms with van der Waals surface area (Å²) in [5.74, 6) is 6.43. The van der Waals surface area contributed by atoms with Gasteiger partial charge in [0.2, 0.25) is 0 Å². The summed E-state index contributed by atoms with van der Waals surface area (Å²) in [5, 5.41) is 4.14. The third kappa shape index (κ3) is 2.30. The number of benzene rings is 1. The van der Waals surface area contributed by atoms with E-state index >= 15 is 0 Å². The molecule has 0 radical (unpaired) electrons. The van der Waals surface area contributed by atoms with Crippen LogP contribution in [0, 0.1) is 0 Å². The van der Waals surface area contributed by atoms with Crippen molar-refractivity contribution in [2.45, 2.75) is 6.04 Å². The first kappa shape index (κ1) is 11.6. The number of hydrogen-bond acceptors (Lipinski definition) is 4. The van der Waals surface area contributed by atoms with Crippen molar-refractivity contribution in [2.24, 2.45) is 12.9 Å². The van der Waals surface area contributed by atoms with Gasteiger partial charge in [-0.1, -0.05) is 12.1 Å². The van der Waals surface area contributed by atoms with Gasteiger partial charge in [0.1, 0.15) is 5.75 Å². The van der Waals surface area contributed by atoms with Gasteiger partial charge in [-0.25, -0.2) is 5.43 Å². The lowest BCUT2D eigenvalue weighted by Crippen LogP contribution is -2.30. The van der Waals surface area contributed by atoms with Crippen molar-refractivity contribution in [1.82, 2.24) is 15.2 Å². The largest absolute Gasteiger partial charge is 0.497 e. The summed E-state index contributed by atoms with van der Waals surface area (Å²) in [6, 6.07) is 9.63. The molecule has 0 saturated heterocycles. The Morgan fingerprint density at radius 3 is 2.82 bits per heavy atom. The van der Waals surface area contributed by atoms with Crippen LogP contribution in [0.5, 0.6) is 5.75 Å². The lowest BCUT2D eigenvalue weighted by Gasteiger charge is -2.17. The molecule has 1 aromatic heterocycles. The summed E-state index contributed by atoms with van der Waals surface area (Å²) in [7, 11) is 3.54. The molecule has 0 spiro atoms.